The van der Waals surface area contributed by atoms with E-state index in [9.17, 15) is 0 Å². The topological polar surface area (TPSA) is 41.1 Å². The molecule has 0 aliphatic carbocycles. The van der Waals surface area contributed by atoms with Crippen LogP contribution in [0.4, 0.5) is 0 Å². The fraction of sp³-hybridized carbons (Fsp3) is 0.692. The second kappa shape index (κ2) is 7.35. The number of nitrogens with zero attached hydrogens (tertiary/aromatic N) is 3. The van der Waals surface area contributed by atoms with E-state index in [1.807, 2.05) is 19.2 Å². The maximum atomic E-state index is 4.35. The van der Waals surface area contributed by atoms with Crippen molar-refractivity contribution >= 4 is 0 Å². The Morgan fingerprint density at radius 1 is 1.41 bits per heavy atom. The van der Waals surface area contributed by atoms with Gasteiger partial charge in [-0.25, -0.2) is 9.97 Å². The molecule has 4 heteroatoms. The molecule has 96 valence electrons. The van der Waals surface area contributed by atoms with E-state index in [0.29, 0.717) is 6.04 Å². The van der Waals surface area contributed by atoms with Crippen molar-refractivity contribution in [2.75, 3.05) is 20.1 Å². The zero-order valence-electron chi connectivity index (χ0n) is 11.4. The average molecular weight is 236 g/mol. The van der Waals surface area contributed by atoms with Gasteiger partial charge >= 0.3 is 0 Å². The van der Waals surface area contributed by atoms with Gasteiger partial charge in [-0.15, -0.1) is 0 Å². The lowest BCUT2D eigenvalue weighted by Crippen LogP contribution is -2.29. The van der Waals surface area contributed by atoms with E-state index in [0.717, 1.165) is 31.2 Å². The van der Waals surface area contributed by atoms with Crippen molar-refractivity contribution < 1.29 is 0 Å². The Kier molecular flexibility index (Phi) is 6.08. The Balaban J connectivity index is 2.12. The van der Waals surface area contributed by atoms with E-state index < -0.39 is 0 Å². The first kappa shape index (κ1) is 14.1. The molecule has 4 nitrogen and oxygen atoms in total. The summed E-state index contributed by atoms with van der Waals surface area (Å²) in [4.78, 5) is 10.8. The minimum absolute atomic E-state index is 0.625. The van der Waals surface area contributed by atoms with Crippen molar-refractivity contribution in [3.63, 3.8) is 0 Å². The van der Waals surface area contributed by atoms with Crippen molar-refractivity contribution in [1.82, 2.24) is 20.2 Å². The minimum Gasteiger partial charge on any atom is -0.311 e. The lowest BCUT2D eigenvalue weighted by molar-refractivity contribution is 0.269. The summed E-state index contributed by atoms with van der Waals surface area (Å²) >= 11 is 0. The number of aryl methyl sites for hydroxylation is 1. The normalized spacial score (nSPS) is 11.4. The third-order valence-electron chi connectivity index (χ3n) is 2.89. The molecule has 1 rings (SSSR count). The van der Waals surface area contributed by atoms with E-state index in [1.165, 1.54) is 6.42 Å². The molecule has 0 saturated carbocycles. The summed E-state index contributed by atoms with van der Waals surface area (Å²) in [5.41, 5.74) is 1.06. The highest BCUT2D eigenvalue weighted by atomic mass is 15.1. The molecule has 0 aliphatic heterocycles. The molecule has 0 aromatic carbocycles. The van der Waals surface area contributed by atoms with Crippen LogP contribution in [-0.2, 0) is 6.54 Å². The summed E-state index contributed by atoms with van der Waals surface area (Å²) in [6.07, 6.45) is 2.98. The van der Waals surface area contributed by atoms with Gasteiger partial charge in [0.25, 0.3) is 0 Å². The van der Waals surface area contributed by atoms with Crippen molar-refractivity contribution in [3.05, 3.63) is 23.8 Å². The average Bonchev–Trinajstić information content (AvgIpc) is 2.28. The smallest absolute Gasteiger partial charge is 0.125 e. The molecule has 0 radical (unpaired) electrons. The standard InChI is InChI=1S/C13H24N4/c1-11(2)17(4)9-5-7-14-10-13-6-8-15-12(3)16-13/h6,8,11,14H,5,7,9-10H2,1-4H3. The van der Waals surface area contributed by atoms with Crippen LogP contribution in [0.3, 0.4) is 0 Å². The van der Waals surface area contributed by atoms with Crippen LogP contribution in [0.2, 0.25) is 0 Å². The van der Waals surface area contributed by atoms with Crippen molar-refractivity contribution in [1.29, 1.82) is 0 Å². The molecule has 1 aromatic rings. The third kappa shape index (κ3) is 5.75. The van der Waals surface area contributed by atoms with Gasteiger partial charge in [0, 0.05) is 18.8 Å². The van der Waals surface area contributed by atoms with Crippen LogP contribution in [0.15, 0.2) is 12.3 Å². The molecule has 1 N–H and O–H groups in total. The summed E-state index contributed by atoms with van der Waals surface area (Å²) in [7, 11) is 2.17. The Bertz CT molecular complexity index is 325. The van der Waals surface area contributed by atoms with E-state index in [2.05, 4.69) is 41.1 Å². The number of aromatic nitrogens is 2. The summed E-state index contributed by atoms with van der Waals surface area (Å²) in [6.45, 7) is 9.34. The number of hydrogen-bond donors (Lipinski definition) is 1. The highest BCUT2D eigenvalue weighted by Gasteiger charge is 2.01. The lowest BCUT2D eigenvalue weighted by atomic mass is 10.3. The van der Waals surface area contributed by atoms with E-state index in [1.54, 1.807) is 0 Å². The van der Waals surface area contributed by atoms with E-state index in [-0.39, 0.29) is 0 Å². The summed E-state index contributed by atoms with van der Waals surface area (Å²) in [5, 5.41) is 3.41. The zero-order valence-corrected chi connectivity index (χ0v) is 11.4. The van der Waals surface area contributed by atoms with Crippen LogP contribution in [-0.4, -0.2) is 41.0 Å². The number of rotatable bonds is 7. The zero-order chi connectivity index (χ0) is 12.7. The van der Waals surface area contributed by atoms with Crippen LogP contribution in [0.1, 0.15) is 31.8 Å². The molecule has 0 saturated heterocycles. The van der Waals surface area contributed by atoms with Gasteiger partial charge in [-0.1, -0.05) is 0 Å². The van der Waals surface area contributed by atoms with Gasteiger partial charge in [0.15, 0.2) is 0 Å². The summed E-state index contributed by atoms with van der Waals surface area (Å²) in [6, 6.07) is 2.58. The second-order valence-corrected chi connectivity index (χ2v) is 4.70. The Labute approximate surface area is 104 Å². The number of nitrogens with one attached hydrogen (secondary N) is 1. The van der Waals surface area contributed by atoms with Crippen molar-refractivity contribution in [3.8, 4) is 0 Å². The van der Waals surface area contributed by atoms with Crippen LogP contribution in [0.5, 0.6) is 0 Å². The van der Waals surface area contributed by atoms with Crippen molar-refractivity contribution in [2.24, 2.45) is 0 Å². The molecule has 1 heterocycles. The third-order valence-corrected chi connectivity index (χ3v) is 2.89. The van der Waals surface area contributed by atoms with Crippen LogP contribution in [0, 0.1) is 6.92 Å². The molecular weight excluding hydrogens is 212 g/mol. The second-order valence-electron chi connectivity index (χ2n) is 4.70. The molecule has 0 aliphatic rings. The Hall–Kier alpha value is -1.00. The fourth-order valence-corrected chi connectivity index (χ4v) is 1.53. The summed E-state index contributed by atoms with van der Waals surface area (Å²) < 4.78 is 0. The molecule has 0 fully saturated rings. The maximum absolute atomic E-state index is 4.35. The molecule has 0 unspecified atom stereocenters. The molecule has 0 amide bonds. The Morgan fingerprint density at radius 3 is 2.82 bits per heavy atom. The lowest BCUT2D eigenvalue weighted by Gasteiger charge is -2.20. The van der Waals surface area contributed by atoms with Crippen LogP contribution < -0.4 is 5.32 Å². The van der Waals surface area contributed by atoms with Crippen molar-refractivity contribution in [2.45, 2.75) is 39.8 Å². The van der Waals surface area contributed by atoms with E-state index in [4.69, 9.17) is 0 Å². The van der Waals surface area contributed by atoms with Gasteiger partial charge in [0.2, 0.25) is 0 Å². The fourth-order valence-electron chi connectivity index (χ4n) is 1.53. The maximum Gasteiger partial charge on any atom is 0.125 e. The van der Waals surface area contributed by atoms with Gasteiger partial charge in [-0.3, -0.25) is 0 Å². The molecule has 0 bridgehead atoms. The molecule has 0 atom stereocenters. The van der Waals surface area contributed by atoms with Gasteiger partial charge < -0.3 is 10.2 Å². The first-order valence-corrected chi connectivity index (χ1v) is 6.29. The van der Waals surface area contributed by atoms with Crippen LogP contribution >= 0.6 is 0 Å². The quantitative estimate of drug-likeness (QED) is 0.730. The predicted molar refractivity (Wildman–Crippen MR) is 70.9 cm³/mol. The monoisotopic (exact) mass is 236 g/mol. The largest absolute Gasteiger partial charge is 0.311 e. The summed E-state index contributed by atoms with van der Waals surface area (Å²) in [5.74, 6) is 0.837. The van der Waals surface area contributed by atoms with Gasteiger partial charge in [-0.2, -0.15) is 0 Å². The van der Waals surface area contributed by atoms with Gasteiger partial charge in [0.1, 0.15) is 5.82 Å². The van der Waals surface area contributed by atoms with Crippen LogP contribution in [0.25, 0.3) is 0 Å². The van der Waals surface area contributed by atoms with Gasteiger partial charge in [-0.05, 0) is 53.4 Å². The Morgan fingerprint density at radius 2 is 2.18 bits per heavy atom. The first-order valence-electron chi connectivity index (χ1n) is 6.29. The SMILES string of the molecule is Cc1nccc(CNCCCN(C)C(C)C)n1. The highest BCUT2D eigenvalue weighted by Crippen LogP contribution is 1.96. The first-order chi connectivity index (χ1) is 8.09. The molecule has 1 aromatic heterocycles. The molecule has 0 spiro atoms. The molecule has 17 heavy (non-hydrogen) atoms. The molecular formula is C13H24N4. The minimum atomic E-state index is 0.625. The number of hydrogen-bond acceptors (Lipinski definition) is 4. The van der Waals surface area contributed by atoms with E-state index >= 15 is 0 Å². The van der Waals surface area contributed by atoms with Gasteiger partial charge in [0.05, 0.1) is 5.69 Å². The highest BCUT2D eigenvalue weighted by molar-refractivity contribution is 5.00. The predicted octanol–water partition coefficient (Wildman–Crippen LogP) is 1.60.